The molecule has 5 rings (SSSR count). The van der Waals surface area contributed by atoms with Crippen molar-refractivity contribution in [2.45, 2.75) is 57.2 Å². The Balaban J connectivity index is 1.20. The van der Waals surface area contributed by atoms with Crippen LogP contribution in [0.1, 0.15) is 36.9 Å². The van der Waals surface area contributed by atoms with Gasteiger partial charge in [0.2, 0.25) is 5.91 Å². The van der Waals surface area contributed by atoms with E-state index in [1.54, 1.807) is 10.7 Å². The summed E-state index contributed by atoms with van der Waals surface area (Å²) in [7, 11) is 0. The van der Waals surface area contributed by atoms with Crippen molar-refractivity contribution in [3.05, 3.63) is 27.7 Å². The third-order valence-corrected chi connectivity index (χ3v) is 6.08. The highest BCUT2D eigenvalue weighted by atomic mass is 16.2. The molecule has 2 saturated heterocycles. The summed E-state index contributed by atoms with van der Waals surface area (Å²) in [6, 6.07) is 2.40. The summed E-state index contributed by atoms with van der Waals surface area (Å²) in [6.07, 6.45) is 6.46. The van der Waals surface area contributed by atoms with Gasteiger partial charge in [0.05, 0.1) is 18.3 Å². The van der Waals surface area contributed by atoms with E-state index in [9.17, 15) is 9.59 Å². The van der Waals surface area contributed by atoms with Crippen LogP contribution in [0.3, 0.4) is 0 Å². The van der Waals surface area contributed by atoms with Gasteiger partial charge in [-0.1, -0.05) is 0 Å². The Bertz CT molecular complexity index is 733. The first-order valence-electron chi connectivity index (χ1n) is 9.33. The summed E-state index contributed by atoms with van der Waals surface area (Å²) in [5, 5.41) is 4.57. The number of rotatable bonds is 4. The van der Waals surface area contributed by atoms with Gasteiger partial charge < -0.3 is 4.90 Å². The molecule has 1 aromatic heterocycles. The molecule has 0 spiro atoms. The minimum absolute atomic E-state index is 0.0333. The topological polar surface area (TPSA) is 58.4 Å². The number of likely N-dealkylation sites (tertiary alicyclic amines) is 2. The van der Waals surface area contributed by atoms with Gasteiger partial charge in [0.15, 0.2) is 0 Å². The normalized spacial score (nSPS) is 27.6. The third-order valence-electron chi connectivity index (χ3n) is 6.08. The summed E-state index contributed by atoms with van der Waals surface area (Å²) in [6.45, 7) is 3.46. The summed E-state index contributed by atoms with van der Waals surface area (Å²) in [5.41, 5.74) is 2.28. The highest BCUT2D eigenvalue weighted by Gasteiger charge is 2.45. The molecule has 1 amide bonds. The first-order chi connectivity index (χ1) is 11.7. The van der Waals surface area contributed by atoms with Gasteiger partial charge in [0, 0.05) is 37.7 Å². The van der Waals surface area contributed by atoms with Gasteiger partial charge in [-0.2, -0.15) is 5.10 Å². The van der Waals surface area contributed by atoms with Gasteiger partial charge in [-0.3, -0.25) is 14.5 Å². The smallest absolute Gasteiger partial charge is 0.267 e. The minimum Gasteiger partial charge on any atom is -0.338 e. The molecule has 1 atom stereocenters. The van der Waals surface area contributed by atoms with Crippen molar-refractivity contribution in [3.8, 4) is 0 Å². The first-order valence-corrected chi connectivity index (χ1v) is 9.33. The second-order valence-electron chi connectivity index (χ2n) is 7.88. The Labute approximate surface area is 141 Å². The lowest BCUT2D eigenvalue weighted by Crippen LogP contribution is -2.56. The van der Waals surface area contributed by atoms with Crippen molar-refractivity contribution in [3.63, 3.8) is 0 Å². The van der Waals surface area contributed by atoms with Gasteiger partial charge in [0.25, 0.3) is 5.56 Å². The first kappa shape index (κ1) is 14.6. The fourth-order valence-corrected chi connectivity index (χ4v) is 4.57. The highest BCUT2D eigenvalue weighted by Crippen LogP contribution is 2.34. The lowest BCUT2D eigenvalue weighted by atomic mass is 9.97. The molecule has 128 valence electrons. The number of hydrogen-bond acceptors (Lipinski definition) is 4. The van der Waals surface area contributed by atoms with Crippen LogP contribution in [0.15, 0.2) is 10.9 Å². The summed E-state index contributed by atoms with van der Waals surface area (Å²) in [5.74, 6) is 0.779. The number of hydrogen-bond donors (Lipinski definition) is 0. The van der Waals surface area contributed by atoms with Gasteiger partial charge in [-0.05, 0) is 44.1 Å². The van der Waals surface area contributed by atoms with Crippen LogP contribution in [0, 0.1) is 5.92 Å². The van der Waals surface area contributed by atoms with E-state index in [2.05, 4.69) is 14.9 Å². The molecule has 4 aliphatic rings. The van der Waals surface area contributed by atoms with Crippen LogP contribution in [0.4, 0.5) is 0 Å². The van der Waals surface area contributed by atoms with E-state index in [1.807, 2.05) is 0 Å². The zero-order valence-corrected chi connectivity index (χ0v) is 14.0. The van der Waals surface area contributed by atoms with E-state index in [0.717, 1.165) is 56.6 Å². The maximum atomic E-state index is 12.5. The van der Waals surface area contributed by atoms with Crippen LogP contribution in [0.2, 0.25) is 0 Å². The molecule has 6 heteroatoms. The lowest BCUT2D eigenvalue weighted by molar-refractivity contribution is -0.135. The molecule has 1 aromatic rings. The molecule has 0 N–H and O–H groups in total. The predicted molar refractivity (Wildman–Crippen MR) is 88.7 cm³/mol. The molecule has 1 saturated carbocycles. The molecule has 3 fully saturated rings. The van der Waals surface area contributed by atoms with Crippen molar-refractivity contribution in [2.75, 3.05) is 19.6 Å². The lowest BCUT2D eigenvalue weighted by Gasteiger charge is -2.42. The summed E-state index contributed by atoms with van der Waals surface area (Å²) in [4.78, 5) is 29.1. The van der Waals surface area contributed by atoms with Crippen molar-refractivity contribution < 1.29 is 4.79 Å². The quantitative estimate of drug-likeness (QED) is 0.804. The second kappa shape index (κ2) is 5.41. The molecule has 2 aliphatic carbocycles. The zero-order chi connectivity index (χ0) is 16.3. The van der Waals surface area contributed by atoms with Gasteiger partial charge in [-0.15, -0.1) is 0 Å². The Morgan fingerprint density at radius 2 is 1.96 bits per heavy atom. The Morgan fingerprint density at radius 3 is 2.75 bits per heavy atom. The van der Waals surface area contributed by atoms with Crippen LogP contribution in [0.5, 0.6) is 0 Å². The number of carbonyl (C=O) groups is 1. The predicted octanol–water partition coefficient (Wildman–Crippen LogP) is 0.427. The average molecular weight is 328 g/mol. The van der Waals surface area contributed by atoms with E-state index in [1.165, 1.54) is 12.8 Å². The molecule has 0 radical (unpaired) electrons. The van der Waals surface area contributed by atoms with Crippen LogP contribution >= 0.6 is 0 Å². The fourth-order valence-electron chi connectivity index (χ4n) is 4.57. The minimum atomic E-state index is 0.0333. The summed E-state index contributed by atoms with van der Waals surface area (Å²) < 4.78 is 1.65. The van der Waals surface area contributed by atoms with Crippen molar-refractivity contribution in [1.82, 2.24) is 19.6 Å². The molecule has 1 unspecified atom stereocenters. The van der Waals surface area contributed by atoms with Crippen molar-refractivity contribution in [2.24, 2.45) is 5.92 Å². The summed E-state index contributed by atoms with van der Waals surface area (Å²) >= 11 is 0. The SMILES string of the molecule is O=C1C(N2CC(Cn3nc4c(cc3=O)CCC4)C2)CCN1C1CC1. The van der Waals surface area contributed by atoms with E-state index in [0.29, 0.717) is 24.4 Å². The molecule has 3 heterocycles. The molecule has 2 aliphatic heterocycles. The van der Waals surface area contributed by atoms with Gasteiger partial charge in [0.1, 0.15) is 0 Å². The number of carbonyl (C=O) groups excluding carboxylic acids is 1. The molecular formula is C18H24N4O2. The van der Waals surface area contributed by atoms with Gasteiger partial charge >= 0.3 is 0 Å². The maximum absolute atomic E-state index is 12.5. The Morgan fingerprint density at radius 1 is 1.12 bits per heavy atom. The average Bonchev–Trinajstić information content (AvgIpc) is 3.15. The zero-order valence-electron chi connectivity index (χ0n) is 14.0. The standard InChI is InChI=1S/C18H24N4O2/c23-17-8-13-2-1-3-15(13)19-22(17)11-12-9-20(10-12)16-6-7-21(18(16)24)14-4-5-14/h8,12,14,16H,1-7,9-11H2. The number of amides is 1. The number of aromatic nitrogens is 2. The van der Waals surface area contributed by atoms with Crippen LogP contribution < -0.4 is 5.56 Å². The second-order valence-corrected chi connectivity index (χ2v) is 7.88. The van der Waals surface area contributed by atoms with Crippen molar-refractivity contribution >= 4 is 5.91 Å². The molecular weight excluding hydrogens is 304 g/mol. The monoisotopic (exact) mass is 328 g/mol. The molecule has 0 aromatic carbocycles. The van der Waals surface area contributed by atoms with E-state index < -0.39 is 0 Å². The van der Waals surface area contributed by atoms with Gasteiger partial charge in [-0.25, -0.2) is 4.68 Å². The number of aryl methyl sites for hydroxylation is 2. The molecule has 6 nitrogen and oxygen atoms in total. The highest BCUT2D eigenvalue weighted by molar-refractivity contribution is 5.84. The largest absolute Gasteiger partial charge is 0.338 e. The van der Waals surface area contributed by atoms with Crippen LogP contribution in [-0.2, 0) is 24.2 Å². The Hall–Kier alpha value is -1.69. The van der Waals surface area contributed by atoms with E-state index in [-0.39, 0.29) is 11.6 Å². The van der Waals surface area contributed by atoms with Crippen LogP contribution in [0.25, 0.3) is 0 Å². The maximum Gasteiger partial charge on any atom is 0.267 e. The Kier molecular flexibility index (Phi) is 3.30. The molecule has 0 bridgehead atoms. The van der Waals surface area contributed by atoms with Crippen LogP contribution in [-0.4, -0.2) is 57.2 Å². The third kappa shape index (κ3) is 2.39. The fraction of sp³-hybridized carbons (Fsp3) is 0.722. The van der Waals surface area contributed by atoms with E-state index >= 15 is 0 Å². The molecule has 24 heavy (non-hydrogen) atoms. The number of fused-ring (bicyclic) bond motifs is 1. The van der Waals surface area contributed by atoms with Crippen molar-refractivity contribution in [1.29, 1.82) is 0 Å². The number of nitrogens with zero attached hydrogens (tertiary/aromatic N) is 4. The van der Waals surface area contributed by atoms with E-state index in [4.69, 9.17) is 0 Å².